The highest BCUT2D eigenvalue weighted by Gasteiger charge is 2.13. The van der Waals surface area contributed by atoms with E-state index in [1.165, 1.54) is 11.0 Å². The van der Waals surface area contributed by atoms with Gasteiger partial charge in [-0.3, -0.25) is 14.4 Å². The largest absolute Gasteiger partial charge is 0.355 e. The Labute approximate surface area is 136 Å². The first kappa shape index (κ1) is 18.4. The number of hydrogen-bond acceptors (Lipinski definition) is 3. The van der Waals surface area contributed by atoms with E-state index in [-0.39, 0.29) is 11.8 Å². The summed E-state index contributed by atoms with van der Waals surface area (Å²) >= 11 is 0. The lowest BCUT2D eigenvalue weighted by Crippen LogP contribution is -2.44. The van der Waals surface area contributed by atoms with E-state index in [0.717, 1.165) is 11.6 Å². The molecule has 0 aliphatic heterocycles. The zero-order chi connectivity index (χ0) is 17.2. The van der Waals surface area contributed by atoms with Gasteiger partial charge >= 0.3 is 0 Å². The van der Waals surface area contributed by atoms with Gasteiger partial charge in [0.15, 0.2) is 0 Å². The monoisotopic (exact) mass is 317 g/mol. The van der Waals surface area contributed by atoms with Crippen LogP contribution in [0.25, 0.3) is 0 Å². The van der Waals surface area contributed by atoms with Gasteiger partial charge < -0.3 is 15.5 Å². The molecule has 1 atom stereocenters. The molecule has 1 rings (SSSR count). The minimum Gasteiger partial charge on any atom is -0.355 e. The highest BCUT2D eigenvalue weighted by Crippen LogP contribution is 2.03. The Morgan fingerprint density at radius 3 is 2.43 bits per heavy atom. The first-order valence-corrected chi connectivity index (χ1v) is 7.49. The minimum atomic E-state index is -0.649. The van der Waals surface area contributed by atoms with Crippen molar-refractivity contribution in [2.24, 2.45) is 0 Å². The first-order valence-electron chi connectivity index (χ1n) is 7.49. The standard InChI is InChI=1S/C17H23N3O3/c1-4-18-17(23)13(2)19-15(21)10-11-16(22)20(3)12-14-8-6-5-7-9-14/h5-11,13H,4,12H2,1-3H3,(H,18,23)(H,19,21)/b11-10+. The third kappa shape index (κ3) is 6.78. The van der Waals surface area contributed by atoms with Crippen LogP contribution < -0.4 is 10.6 Å². The molecule has 0 saturated heterocycles. The molecule has 0 aliphatic rings. The molecule has 0 aromatic heterocycles. The SMILES string of the molecule is CCNC(=O)C(C)NC(=O)/C=C/C(=O)N(C)Cc1ccccc1. The summed E-state index contributed by atoms with van der Waals surface area (Å²) in [5, 5.41) is 5.11. The molecule has 0 radical (unpaired) electrons. The Bertz CT molecular complexity index is 570. The number of rotatable bonds is 7. The fourth-order valence-electron chi connectivity index (χ4n) is 1.86. The van der Waals surface area contributed by atoms with Crippen molar-refractivity contribution in [2.45, 2.75) is 26.4 Å². The normalized spacial score (nSPS) is 11.8. The van der Waals surface area contributed by atoms with Gasteiger partial charge in [0.25, 0.3) is 0 Å². The molecule has 3 amide bonds. The first-order chi connectivity index (χ1) is 10.9. The maximum Gasteiger partial charge on any atom is 0.246 e. The molecule has 6 heteroatoms. The topological polar surface area (TPSA) is 78.5 Å². The summed E-state index contributed by atoms with van der Waals surface area (Å²) in [6.07, 6.45) is 2.34. The zero-order valence-corrected chi connectivity index (χ0v) is 13.7. The number of hydrogen-bond donors (Lipinski definition) is 2. The molecule has 0 fully saturated rings. The quantitative estimate of drug-likeness (QED) is 0.732. The van der Waals surface area contributed by atoms with Crippen molar-refractivity contribution < 1.29 is 14.4 Å². The van der Waals surface area contributed by atoms with Gasteiger partial charge in [-0.05, 0) is 19.4 Å². The molecule has 1 unspecified atom stereocenters. The van der Waals surface area contributed by atoms with Crippen LogP contribution in [0.3, 0.4) is 0 Å². The highest BCUT2D eigenvalue weighted by atomic mass is 16.2. The Balaban J connectivity index is 2.47. The molecule has 1 aromatic carbocycles. The number of carbonyl (C=O) groups is 3. The Morgan fingerprint density at radius 2 is 1.83 bits per heavy atom. The third-order valence-corrected chi connectivity index (χ3v) is 3.12. The molecular formula is C17H23N3O3. The second kappa shape index (κ2) is 9.40. The second-order valence-electron chi connectivity index (χ2n) is 5.14. The Hall–Kier alpha value is -2.63. The van der Waals surface area contributed by atoms with E-state index in [9.17, 15) is 14.4 Å². The van der Waals surface area contributed by atoms with Crippen LogP contribution >= 0.6 is 0 Å². The Kier molecular flexibility index (Phi) is 7.53. The van der Waals surface area contributed by atoms with Gasteiger partial charge in [0.2, 0.25) is 17.7 Å². The van der Waals surface area contributed by atoms with Crippen molar-refractivity contribution in [3.8, 4) is 0 Å². The van der Waals surface area contributed by atoms with E-state index in [0.29, 0.717) is 13.1 Å². The summed E-state index contributed by atoms with van der Waals surface area (Å²) in [6, 6.07) is 8.91. The highest BCUT2D eigenvalue weighted by molar-refractivity contribution is 5.98. The number of benzene rings is 1. The zero-order valence-electron chi connectivity index (χ0n) is 13.7. The van der Waals surface area contributed by atoms with E-state index in [4.69, 9.17) is 0 Å². The third-order valence-electron chi connectivity index (χ3n) is 3.12. The average molecular weight is 317 g/mol. The summed E-state index contributed by atoms with van der Waals surface area (Å²) in [4.78, 5) is 36.7. The molecule has 1 aromatic rings. The van der Waals surface area contributed by atoms with Gasteiger partial charge in [-0.1, -0.05) is 30.3 Å². The van der Waals surface area contributed by atoms with Gasteiger partial charge in [0.1, 0.15) is 6.04 Å². The number of likely N-dealkylation sites (N-methyl/N-ethyl adjacent to an activating group) is 2. The number of nitrogens with one attached hydrogen (secondary N) is 2. The van der Waals surface area contributed by atoms with Crippen molar-refractivity contribution in [2.75, 3.05) is 13.6 Å². The maximum absolute atomic E-state index is 12.0. The lowest BCUT2D eigenvalue weighted by molar-refractivity contribution is -0.126. The maximum atomic E-state index is 12.0. The number of carbonyl (C=O) groups excluding carboxylic acids is 3. The van der Waals surface area contributed by atoms with Crippen LogP contribution in [-0.4, -0.2) is 42.3 Å². The predicted octanol–water partition coefficient (Wildman–Crippen LogP) is 0.842. The molecular weight excluding hydrogens is 294 g/mol. The van der Waals surface area contributed by atoms with Crippen molar-refractivity contribution in [1.29, 1.82) is 0 Å². The van der Waals surface area contributed by atoms with E-state index >= 15 is 0 Å². The number of nitrogens with zero attached hydrogens (tertiary/aromatic N) is 1. The summed E-state index contributed by atoms with van der Waals surface area (Å²) in [6.45, 7) is 4.34. The van der Waals surface area contributed by atoms with Crippen LogP contribution in [0, 0.1) is 0 Å². The van der Waals surface area contributed by atoms with Gasteiger partial charge in [-0.2, -0.15) is 0 Å². The van der Waals surface area contributed by atoms with Gasteiger partial charge in [-0.15, -0.1) is 0 Å². The number of amides is 3. The molecule has 124 valence electrons. The fourth-order valence-corrected chi connectivity index (χ4v) is 1.86. The van der Waals surface area contributed by atoms with Crippen LogP contribution in [0.5, 0.6) is 0 Å². The van der Waals surface area contributed by atoms with Crippen LogP contribution in [0.4, 0.5) is 0 Å². The van der Waals surface area contributed by atoms with Crippen LogP contribution in [-0.2, 0) is 20.9 Å². The van der Waals surface area contributed by atoms with E-state index in [1.54, 1.807) is 20.9 Å². The summed E-state index contributed by atoms with van der Waals surface area (Å²) in [5.41, 5.74) is 1.01. The summed E-state index contributed by atoms with van der Waals surface area (Å²) < 4.78 is 0. The van der Waals surface area contributed by atoms with Crippen molar-refractivity contribution in [3.05, 3.63) is 48.0 Å². The van der Waals surface area contributed by atoms with Crippen LogP contribution in [0.2, 0.25) is 0 Å². The molecule has 0 heterocycles. The molecule has 6 nitrogen and oxygen atoms in total. The van der Waals surface area contributed by atoms with Crippen molar-refractivity contribution in [3.63, 3.8) is 0 Å². The van der Waals surface area contributed by atoms with E-state index in [2.05, 4.69) is 10.6 Å². The molecule has 0 saturated carbocycles. The average Bonchev–Trinajstić information content (AvgIpc) is 2.53. The summed E-state index contributed by atoms with van der Waals surface area (Å²) in [7, 11) is 1.66. The predicted molar refractivity (Wildman–Crippen MR) is 88.3 cm³/mol. The van der Waals surface area contributed by atoms with Crippen molar-refractivity contribution in [1.82, 2.24) is 15.5 Å². The van der Waals surface area contributed by atoms with Crippen LogP contribution in [0.15, 0.2) is 42.5 Å². The lowest BCUT2D eigenvalue weighted by Gasteiger charge is -2.15. The summed E-state index contributed by atoms with van der Waals surface area (Å²) in [5.74, 6) is -1.03. The minimum absolute atomic E-state index is 0.262. The van der Waals surface area contributed by atoms with Gasteiger partial charge in [0, 0.05) is 32.3 Å². The van der Waals surface area contributed by atoms with E-state index in [1.807, 2.05) is 30.3 Å². The van der Waals surface area contributed by atoms with Crippen LogP contribution in [0.1, 0.15) is 19.4 Å². The molecule has 2 N–H and O–H groups in total. The molecule has 0 bridgehead atoms. The van der Waals surface area contributed by atoms with Gasteiger partial charge in [-0.25, -0.2) is 0 Å². The van der Waals surface area contributed by atoms with Gasteiger partial charge in [0.05, 0.1) is 0 Å². The molecule has 0 spiro atoms. The second-order valence-corrected chi connectivity index (χ2v) is 5.14. The smallest absolute Gasteiger partial charge is 0.246 e. The lowest BCUT2D eigenvalue weighted by atomic mass is 10.2. The van der Waals surface area contributed by atoms with E-state index < -0.39 is 11.9 Å². The fraction of sp³-hybridized carbons (Fsp3) is 0.353. The molecule has 23 heavy (non-hydrogen) atoms. The molecule has 0 aliphatic carbocycles. The Morgan fingerprint density at radius 1 is 1.17 bits per heavy atom. The van der Waals surface area contributed by atoms with Crippen molar-refractivity contribution >= 4 is 17.7 Å².